The average Bonchev–Trinajstić information content (AvgIpc) is 2.29. The first-order valence-electron chi connectivity index (χ1n) is 5.47. The highest BCUT2D eigenvalue weighted by molar-refractivity contribution is 5.72. The molecule has 0 heterocycles. The molecule has 0 aromatic heterocycles. The van der Waals surface area contributed by atoms with Gasteiger partial charge >= 0.3 is 11.9 Å². The zero-order chi connectivity index (χ0) is 14.6. The number of benzene rings is 1. The summed E-state index contributed by atoms with van der Waals surface area (Å²) in [5.74, 6) is -3.21. The molecule has 3 N–H and O–H groups in total. The van der Waals surface area contributed by atoms with Gasteiger partial charge in [-0.3, -0.25) is 14.5 Å². The van der Waals surface area contributed by atoms with Crippen LogP contribution in [0.1, 0.15) is 18.5 Å². The minimum atomic E-state index is -1.20. The van der Waals surface area contributed by atoms with E-state index in [9.17, 15) is 19.1 Å². The highest BCUT2D eigenvalue weighted by atomic mass is 19.1. The highest BCUT2D eigenvalue weighted by Gasteiger charge is 2.23. The first-order valence-corrected chi connectivity index (χ1v) is 5.47. The molecule has 0 aliphatic carbocycles. The van der Waals surface area contributed by atoms with Gasteiger partial charge in [-0.1, -0.05) is 0 Å². The zero-order valence-corrected chi connectivity index (χ0v) is 10.2. The Morgan fingerprint density at radius 1 is 1.26 bits per heavy atom. The number of halogens is 1. The van der Waals surface area contributed by atoms with E-state index in [1.807, 2.05) is 0 Å². The van der Waals surface area contributed by atoms with Gasteiger partial charge in [-0.25, -0.2) is 4.39 Å². The molecule has 0 aliphatic rings. The van der Waals surface area contributed by atoms with E-state index >= 15 is 0 Å². The van der Waals surface area contributed by atoms with E-state index in [0.717, 1.165) is 23.1 Å². The first-order chi connectivity index (χ1) is 8.81. The van der Waals surface area contributed by atoms with Crippen LogP contribution in [0.5, 0.6) is 5.75 Å². The van der Waals surface area contributed by atoms with Gasteiger partial charge in [0.25, 0.3) is 0 Å². The molecule has 6 nitrogen and oxygen atoms in total. The summed E-state index contributed by atoms with van der Waals surface area (Å²) in [6.07, 6.45) is 0. The minimum absolute atomic E-state index is 0.141. The second-order valence-corrected chi connectivity index (χ2v) is 4.07. The van der Waals surface area contributed by atoms with E-state index < -0.39 is 36.9 Å². The lowest BCUT2D eigenvalue weighted by Crippen LogP contribution is -2.36. The van der Waals surface area contributed by atoms with E-state index in [1.54, 1.807) is 0 Å². The van der Waals surface area contributed by atoms with Crippen molar-refractivity contribution in [2.24, 2.45) is 0 Å². The quantitative estimate of drug-likeness (QED) is 0.715. The standard InChI is InChI=1S/C12H14FNO5/c1-7(9-4-8(13)2-3-10(9)15)14(5-11(16)17)6-12(18)19/h2-4,7,15H,5-6H2,1H3,(H,16,17)(H,18,19). The van der Waals surface area contributed by atoms with Gasteiger partial charge in [0.15, 0.2) is 0 Å². The van der Waals surface area contributed by atoms with Crippen LogP contribution in [0.25, 0.3) is 0 Å². The smallest absolute Gasteiger partial charge is 0.317 e. The Morgan fingerprint density at radius 3 is 2.26 bits per heavy atom. The third-order valence-corrected chi connectivity index (χ3v) is 2.66. The lowest BCUT2D eigenvalue weighted by Gasteiger charge is -2.26. The van der Waals surface area contributed by atoms with E-state index in [0.29, 0.717) is 0 Å². The Morgan fingerprint density at radius 2 is 1.79 bits per heavy atom. The van der Waals surface area contributed by atoms with E-state index in [2.05, 4.69) is 0 Å². The average molecular weight is 271 g/mol. The Hall–Kier alpha value is -2.15. The fourth-order valence-electron chi connectivity index (χ4n) is 1.73. The van der Waals surface area contributed by atoms with Crippen molar-refractivity contribution >= 4 is 11.9 Å². The van der Waals surface area contributed by atoms with Gasteiger partial charge in [-0.05, 0) is 25.1 Å². The molecule has 0 aliphatic heterocycles. The fourth-order valence-corrected chi connectivity index (χ4v) is 1.73. The topological polar surface area (TPSA) is 98.1 Å². The van der Waals surface area contributed by atoms with Crippen LogP contribution < -0.4 is 0 Å². The Kier molecular flexibility index (Phi) is 4.82. The molecule has 0 saturated heterocycles. The third kappa shape index (κ3) is 4.22. The molecule has 7 heteroatoms. The number of nitrogens with zero attached hydrogens (tertiary/aromatic N) is 1. The molecule has 0 saturated carbocycles. The predicted molar refractivity (Wildman–Crippen MR) is 63.3 cm³/mol. The van der Waals surface area contributed by atoms with Gasteiger partial charge < -0.3 is 15.3 Å². The third-order valence-electron chi connectivity index (χ3n) is 2.66. The minimum Gasteiger partial charge on any atom is -0.508 e. The predicted octanol–water partition coefficient (Wildman–Crippen LogP) is 1.06. The molecule has 0 fully saturated rings. The molecular formula is C12H14FNO5. The van der Waals surface area contributed by atoms with Crippen LogP contribution in [0.4, 0.5) is 4.39 Å². The van der Waals surface area contributed by atoms with Crippen LogP contribution in [0, 0.1) is 5.82 Å². The summed E-state index contributed by atoms with van der Waals surface area (Å²) in [5.41, 5.74) is 0.141. The summed E-state index contributed by atoms with van der Waals surface area (Å²) < 4.78 is 13.1. The second-order valence-electron chi connectivity index (χ2n) is 4.07. The summed E-state index contributed by atoms with van der Waals surface area (Å²) in [6.45, 7) is 0.452. The molecule has 1 unspecified atom stereocenters. The van der Waals surface area contributed by atoms with Crippen LogP contribution in [0.3, 0.4) is 0 Å². The van der Waals surface area contributed by atoms with Crippen molar-refractivity contribution in [2.75, 3.05) is 13.1 Å². The monoisotopic (exact) mass is 271 g/mol. The molecule has 19 heavy (non-hydrogen) atoms. The lowest BCUT2D eigenvalue weighted by atomic mass is 10.1. The van der Waals surface area contributed by atoms with Gasteiger partial charge in [-0.15, -0.1) is 0 Å². The molecule has 0 radical (unpaired) electrons. The Labute approximate surface area is 108 Å². The van der Waals surface area contributed by atoms with Crippen molar-refractivity contribution in [3.8, 4) is 5.75 Å². The van der Waals surface area contributed by atoms with Crippen molar-refractivity contribution in [1.82, 2.24) is 4.90 Å². The maximum absolute atomic E-state index is 13.1. The summed E-state index contributed by atoms with van der Waals surface area (Å²) in [4.78, 5) is 22.5. The summed E-state index contributed by atoms with van der Waals surface area (Å²) in [6, 6.07) is 2.50. The zero-order valence-electron chi connectivity index (χ0n) is 10.2. The van der Waals surface area contributed by atoms with Gasteiger partial charge in [0.05, 0.1) is 13.1 Å². The number of aromatic hydroxyl groups is 1. The summed E-state index contributed by atoms with van der Waals surface area (Å²) in [5, 5.41) is 27.1. The van der Waals surface area contributed by atoms with Crippen LogP contribution >= 0.6 is 0 Å². The SMILES string of the molecule is CC(c1cc(F)ccc1O)N(CC(=O)O)CC(=O)O. The fraction of sp³-hybridized carbons (Fsp3) is 0.333. The Bertz CT molecular complexity index is 475. The first kappa shape index (κ1) is 14.9. The van der Waals surface area contributed by atoms with E-state index in [1.165, 1.54) is 6.92 Å². The lowest BCUT2D eigenvalue weighted by molar-refractivity contribution is -0.142. The number of carboxylic acids is 2. The van der Waals surface area contributed by atoms with Crippen molar-refractivity contribution in [3.05, 3.63) is 29.6 Å². The maximum Gasteiger partial charge on any atom is 0.317 e. The largest absolute Gasteiger partial charge is 0.508 e. The van der Waals surface area contributed by atoms with Crippen LogP contribution in [0.2, 0.25) is 0 Å². The normalized spacial score (nSPS) is 12.4. The molecule has 104 valence electrons. The molecule has 1 aromatic rings. The van der Waals surface area contributed by atoms with Crippen molar-refractivity contribution in [1.29, 1.82) is 0 Å². The molecule has 0 spiro atoms. The van der Waals surface area contributed by atoms with Crippen LogP contribution in [0.15, 0.2) is 18.2 Å². The molecule has 1 aromatic carbocycles. The molecule has 0 bridgehead atoms. The van der Waals surface area contributed by atoms with Gasteiger partial charge in [0.1, 0.15) is 11.6 Å². The molecule has 0 amide bonds. The Balaban J connectivity index is 3.03. The molecule has 1 atom stereocenters. The number of carboxylic acid groups (broad SMARTS) is 2. The van der Waals surface area contributed by atoms with Gasteiger partial charge in [0, 0.05) is 11.6 Å². The van der Waals surface area contributed by atoms with Crippen molar-refractivity contribution < 1.29 is 29.3 Å². The number of aliphatic carboxylic acids is 2. The van der Waals surface area contributed by atoms with Crippen molar-refractivity contribution in [2.45, 2.75) is 13.0 Å². The number of carbonyl (C=O) groups is 2. The van der Waals surface area contributed by atoms with Crippen LogP contribution in [-0.2, 0) is 9.59 Å². The number of rotatable bonds is 6. The van der Waals surface area contributed by atoms with Crippen LogP contribution in [-0.4, -0.2) is 45.2 Å². The second kappa shape index (κ2) is 6.14. The number of phenols is 1. The molecular weight excluding hydrogens is 257 g/mol. The summed E-state index contributed by atoms with van der Waals surface area (Å²) >= 11 is 0. The van der Waals surface area contributed by atoms with E-state index in [-0.39, 0.29) is 11.3 Å². The van der Waals surface area contributed by atoms with Gasteiger partial charge in [-0.2, -0.15) is 0 Å². The number of hydrogen-bond donors (Lipinski definition) is 3. The number of phenolic OH excluding ortho intramolecular Hbond substituents is 1. The van der Waals surface area contributed by atoms with E-state index in [4.69, 9.17) is 10.2 Å². The summed E-state index contributed by atoms with van der Waals surface area (Å²) in [7, 11) is 0. The highest BCUT2D eigenvalue weighted by Crippen LogP contribution is 2.28. The number of hydrogen-bond acceptors (Lipinski definition) is 4. The van der Waals surface area contributed by atoms with Gasteiger partial charge in [0.2, 0.25) is 0 Å². The molecule has 1 rings (SSSR count). The van der Waals surface area contributed by atoms with Crippen molar-refractivity contribution in [3.63, 3.8) is 0 Å². The maximum atomic E-state index is 13.1.